The lowest BCUT2D eigenvalue weighted by Gasteiger charge is -2.11. The Kier molecular flexibility index (Phi) is 4.84. The molecule has 17 heavy (non-hydrogen) atoms. The van der Waals surface area contributed by atoms with Gasteiger partial charge >= 0.3 is 6.61 Å². The van der Waals surface area contributed by atoms with Crippen LogP contribution >= 0.6 is 0 Å². The molecule has 0 aliphatic rings. The predicted octanol–water partition coefficient (Wildman–Crippen LogP) is 1.82. The Morgan fingerprint density at radius 3 is 2.82 bits per heavy atom. The van der Waals surface area contributed by atoms with E-state index >= 15 is 0 Å². The van der Waals surface area contributed by atoms with E-state index in [0.717, 1.165) is 0 Å². The summed E-state index contributed by atoms with van der Waals surface area (Å²) in [7, 11) is 0. The second-order valence-electron chi connectivity index (χ2n) is 3.53. The smallest absolute Gasteiger partial charge is 0.387 e. The second kappa shape index (κ2) is 6.15. The zero-order chi connectivity index (χ0) is 12.8. The largest absolute Gasteiger partial charge is 0.435 e. The van der Waals surface area contributed by atoms with Gasteiger partial charge in [-0.05, 0) is 12.1 Å². The third kappa shape index (κ3) is 4.36. The van der Waals surface area contributed by atoms with Crippen molar-refractivity contribution in [3.63, 3.8) is 0 Å². The minimum atomic E-state index is -2.89. The minimum Gasteiger partial charge on any atom is -0.435 e. The molecule has 0 radical (unpaired) electrons. The average molecular weight is 244 g/mol. The molecule has 6 heteroatoms. The van der Waals surface area contributed by atoms with Crippen LogP contribution in [0.5, 0.6) is 5.75 Å². The molecule has 1 aromatic carbocycles. The Balaban J connectivity index is 2.68. The van der Waals surface area contributed by atoms with Crippen LogP contribution in [0.4, 0.5) is 14.5 Å². The first-order valence-corrected chi connectivity index (χ1v) is 5.08. The molecule has 1 unspecified atom stereocenters. The first-order chi connectivity index (χ1) is 8.02. The fourth-order valence-corrected chi connectivity index (χ4v) is 1.12. The van der Waals surface area contributed by atoms with Crippen LogP contribution in [-0.2, 0) is 4.79 Å². The molecule has 3 N–H and O–H groups in total. The zero-order valence-electron chi connectivity index (χ0n) is 9.32. The molecule has 0 bridgehead atoms. The van der Waals surface area contributed by atoms with Crippen LogP contribution in [-0.4, -0.2) is 19.1 Å². The standard InChI is InChI=1S/C11H14F2N2O2/c1-7(6-14)10(16)15-8-3-2-4-9(5-8)17-11(12)13/h2-5,7,11H,6,14H2,1H3,(H,15,16). The highest BCUT2D eigenvalue weighted by Crippen LogP contribution is 2.19. The van der Waals surface area contributed by atoms with Gasteiger partial charge in [0.1, 0.15) is 5.75 Å². The number of hydrogen-bond donors (Lipinski definition) is 2. The van der Waals surface area contributed by atoms with E-state index < -0.39 is 6.61 Å². The highest BCUT2D eigenvalue weighted by atomic mass is 19.3. The Morgan fingerprint density at radius 1 is 1.53 bits per heavy atom. The van der Waals surface area contributed by atoms with Crippen LogP contribution in [0.25, 0.3) is 0 Å². The van der Waals surface area contributed by atoms with Crippen molar-refractivity contribution < 1.29 is 18.3 Å². The Morgan fingerprint density at radius 2 is 2.24 bits per heavy atom. The molecule has 0 aromatic heterocycles. The third-order valence-electron chi connectivity index (χ3n) is 2.13. The minimum absolute atomic E-state index is 0.00167. The maximum atomic E-state index is 12.0. The molecule has 0 fully saturated rings. The van der Waals surface area contributed by atoms with Gasteiger partial charge < -0.3 is 15.8 Å². The summed E-state index contributed by atoms with van der Waals surface area (Å²) >= 11 is 0. The van der Waals surface area contributed by atoms with E-state index in [9.17, 15) is 13.6 Å². The highest BCUT2D eigenvalue weighted by molar-refractivity contribution is 5.92. The van der Waals surface area contributed by atoms with Crippen molar-refractivity contribution in [1.82, 2.24) is 0 Å². The van der Waals surface area contributed by atoms with Crippen LogP contribution in [0.2, 0.25) is 0 Å². The summed E-state index contributed by atoms with van der Waals surface area (Å²) in [4.78, 5) is 11.5. The summed E-state index contributed by atoms with van der Waals surface area (Å²) in [6.07, 6.45) is 0. The van der Waals surface area contributed by atoms with Crippen LogP contribution in [0, 0.1) is 5.92 Å². The quantitative estimate of drug-likeness (QED) is 0.830. The van der Waals surface area contributed by atoms with Crippen molar-refractivity contribution >= 4 is 11.6 Å². The summed E-state index contributed by atoms with van der Waals surface area (Å²) in [5.41, 5.74) is 5.73. The summed E-state index contributed by atoms with van der Waals surface area (Å²) in [5, 5.41) is 2.56. The first kappa shape index (κ1) is 13.4. The van der Waals surface area contributed by atoms with Crippen molar-refractivity contribution in [2.45, 2.75) is 13.5 Å². The van der Waals surface area contributed by atoms with Crippen molar-refractivity contribution in [2.24, 2.45) is 11.7 Å². The number of rotatable bonds is 5. The van der Waals surface area contributed by atoms with Crippen molar-refractivity contribution in [3.8, 4) is 5.75 Å². The van der Waals surface area contributed by atoms with E-state index in [1.807, 2.05) is 0 Å². The van der Waals surface area contributed by atoms with Gasteiger partial charge in [0.25, 0.3) is 0 Å². The molecule has 0 saturated heterocycles. The van der Waals surface area contributed by atoms with Gasteiger partial charge in [0.05, 0.1) is 0 Å². The van der Waals surface area contributed by atoms with Crippen LogP contribution < -0.4 is 15.8 Å². The second-order valence-corrected chi connectivity index (χ2v) is 3.53. The van der Waals surface area contributed by atoms with Gasteiger partial charge in [-0.1, -0.05) is 13.0 Å². The van der Waals surface area contributed by atoms with Gasteiger partial charge in [0, 0.05) is 24.2 Å². The molecule has 94 valence electrons. The van der Waals surface area contributed by atoms with E-state index in [1.54, 1.807) is 13.0 Å². The Labute approximate surface area is 97.8 Å². The molecule has 1 rings (SSSR count). The number of ether oxygens (including phenoxy) is 1. The normalized spacial score (nSPS) is 12.3. The maximum absolute atomic E-state index is 12.0. The summed E-state index contributed by atoms with van der Waals surface area (Å²) < 4.78 is 28.2. The fourth-order valence-electron chi connectivity index (χ4n) is 1.12. The van der Waals surface area contributed by atoms with Gasteiger partial charge in [-0.15, -0.1) is 0 Å². The van der Waals surface area contributed by atoms with E-state index in [1.165, 1.54) is 18.2 Å². The molecule has 0 spiro atoms. The summed E-state index contributed by atoms with van der Waals surface area (Å²) in [6, 6.07) is 5.81. The number of nitrogens with two attached hydrogens (primary N) is 1. The molecule has 1 aromatic rings. The number of halogens is 2. The maximum Gasteiger partial charge on any atom is 0.387 e. The predicted molar refractivity (Wildman–Crippen MR) is 59.9 cm³/mol. The number of anilines is 1. The zero-order valence-corrected chi connectivity index (χ0v) is 9.32. The molecule has 1 amide bonds. The van der Waals surface area contributed by atoms with Crippen molar-refractivity contribution in [2.75, 3.05) is 11.9 Å². The van der Waals surface area contributed by atoms with Crippen molar-refractivity contribution in [3.05, 3.63) is 24.3 Å². The molecule has 4 nitrogen and oxygen atoms in total. The number of nitrogens with one attached hydrogen (secondary N) is 1. The number of benzene rings is 1. The Hall–Kier alpha value is -1.69. The highest BCUT2D eigenvalue weighted by Gasteiger charge is 2.11. The molecule has 1 atom stereocenters. The van der Waals surface area contributed by atoms with Crippen LogP contribution in [0.1, 0.15) is 6.92 Å². The number of carbonyl (C=O) groups excluding carboxylic acids is 1. The van der Waals surface area contributed by atoms with Crippen molar-refractivity contribution in [1.29, 1.82) is 0 Å². The topological polar surface area (TPSA) is 64.4 Å². The average Bonchev–Trinajstić information content (AvgIpc) is 2.27. The van der Waals surface area contributed by atoms with Gasteiger partial charge in [-0.3, -0.25) is 4.79 Å². The van der Waals surface area contributed by atoms with E-state index in [0.29, 0.717) is 5.69 Å². The SMILES string of the molecule is CC(CN)C(=O)Nc1cccc(OC(F)F)c1. The number of amides is 1. The molecule has 0 aliphatic carbocycles. The van der Waals surface area contributed by atoms with Crippen LogP contribution in [0.15, 0.2) is 24.3 Å². The molecule has 0 aliphatic heterocycles. The summed E-state index contributed by atoms with van der Waals surface area (Å²) in [6.45, 7) is -0.989. The first-order valence-electron chi connectivity index (χ1n) is 5.08. The van der Waals surface area contributed by atoms with Gasteiger partial charge in [0.2, 0.25) is 5.91 Å². The van der Waals surface area contributed by atoms with E-state index in [-0.39, 0.29) is 24.1 Å². The molecular weight excluding hydrogens is 230 g/mol. The third-order valence-corrected chi connectivity index (χ3v) is 2.13. The fraction of sp³-hybridized carbons (Fsp3) is 0.364. The van der Waals surface area contributed by atoms with Gasteiger partial charge in [-0.2, -0.15) is 8.78 Å². The lowest BCUT2D eigenvalue weighted by molar-refractivity contribution is -0.119. The van der Waals surface area contributed by atoms with Gasteiger partial charge in [0.15, 0.2) is 0 Å². The molecular formula is C11H14F2N2O2. The number of alkyl halides is 2. The monoisotopic (exact) mass is 244 g/mol. The summed E-state index contributed by atoms with van der Waals surface area (Å²) in [5.74, 6) is -0.602. The molecule has 0 saturated carbocycles. The van der Waals surface area contributed by atoms with Gasteiger partial charge in [-0.25, -0.2) is 0 Å². The van der Waals surface area contributed by atoms with E-state index in [2.05, 4.69) is 10.1 Å². The number of hydrogen-bond acceptors (Lipinski definition) is 3. The van der Waals surface area contributed by atoms with Crippen LogP contribution in [0.3, 0.4) is 0 Å². The number of carbonyl (C=O) groups is 1. The lowest BCUT2D eigenvalue weighted by atomic mass is 10.1. The molecule has 0 heterocycles. The van der Waals surface area contributed by atoms with E-state index in [4.69, 9.17) is 5.73 Å². The Bertz CT molecular complexity index is 385. The lowest BCUT2D eigenvalue weighted by Crippen LogP contribution is -2.26.